The van der Waals surface area contributed by atoms with Gasteiger partial charge in [-0.05, 0) is 31.8 Å². The normalized spacial score (nSPS) is 22.2. The summed E-state index contributed by atoms with van der Waals surface area (Å²) in [5.74, 6) is -3.41. The smallest absolute Gasteiger partial charge is 0.319 e. The zero-order valence-corrected chi connectivity index (χ0v) is 15.0. The van der Waals surface area contributed by atoms with Crippen molar-refractivity contribution in [3.8, 4) is 0 Å². The van der Waals surface area contributed by atoms with Gasteiger partial charge < -0.3 is 10.2 Å². The summed E-state index contributed by atoms with van der Waals surface area (Å²) in [4.78, 5) is 15.0. The molecule has 0 saturated carbocycles. The van der Waals surface area contributed by atoms with E-state index < -0.39 is 18.9 Å². The highest BCUT2D eigenvalue weighted by Crippen LogP contribution is 2.24. The molecular formula is C14H25Cl2F4N3O. The van der Waals surface area contributed by atoms with Crippen molar-refractivity contribution < 1.29 is 22.4 Å². The van der Waals surface area contributed by atoms with Crippen LogP contribution in [-0.2, 0) is 4.79 Å². The lowest BCUT2D eigenvalue weighted by atomic mass is 10.0. The van der Waals surface area contributed by atoms with Crippen molar-refractivity contribution in [3.63, 3.8) is 0 Å². The Bertz CT molecular complexity index is 377. The van der Waals surface area contributed by atoms with Crippen LogP contribution in [0.2, 0.25) is 0 Å². The molecule has 2 heterocycles. The van der Waals surface area contributed by atoms with Crippen LogP contribution in [0.1, 0.15) is 19.3 Å². The SMILES string of the molecule is Cl.Cl.O=C(CCC1CCNC1)N1CCN(CC(F)(F)C(F)F)CC1. The Hall–Kier alpha value is -0.310. The van der Waals surface area contributed by atoms with Gasteiger partial charge in [-0.15, -0.1) is 24.8 Å². The van der Waals surface area contributed by atoms with Gasteiger partial charge in [0.25, 0.3) is 0 Å². The first-order chi connectivity index (χ1) is 10.4. The van der Waals surface area contributed by atoms with E-state index in [1.165, 1.54) is 4.90 Å². The number of hydrogen-bond donors (Lipinski definition) is 1. The number of rotatable bonds is 6. The van der Waals surface area contributed by atoms with E-state index in [1.807, 2.05) is 0 Å². The number of nitrogens with zero attached hydrogens (tertiary/aromatic N) is 2. The minimum atomic E-state index is -3.98. The third-order valence-corrected chi connectivity index (χ3v) is 4.41. The van der Waals surface area contributed by atoms with Crippen molar-refractivity contribution in [1.29, 1.82) is 0 Å². The molecule has 0 bridgehead atoms. The number of carbonyl (C=O) groups excluding carboxylic acids is 1. The summed E-state index contributed by atoms with van der Waals surface area (Å²) >= 11 is 0. The molecule has 1 amide bonds. The van der Waals surface area contributed by atoms with Crippen LogP contribution in [0.25, 0.3) is 0 Å². The summed E-state index contributed by atoms with van der Waals surface area (Å²) in [5, 5.41) is 3.25. The predicted octanol–water partition coefficient (Wildman–Crippen LogP) is 2.26. The van der Waals surface area contributed by atoms with Gasteiger partial charge in [0.05, 0.1) is 6.54 Å². The highest BCUT2D eigenvalue weighted by Gasteiger charge is 2.42. The van der Waals surface area contributed by atoms with Crippen LogP contribution >= 0.6 is 24.8 Å². The lowest BCUT2D eigenvalue weighted by Crippen LogP contribution is -2.52. The van der Waals surface area contributed by atoms with Crippen molar-refractivity contribution in [2.24, 2.45) is 5.92 Å². The molecule has 4 nitrogen and oxygen atoms in total. The largest absolute Gasteiger partial charge is 0.340 e. The van der Waals surface area contributed by atoms with Gasteiger partial charge in [0.2, 0.25) is 5.91 Å². The van der Waals surface area contributed by atoms with Gasteiger partial charge in [0.1, 0.15) is 0 Å². The van der Waals surface area contributed by atoms with Crippen molar-refractivity contribution >= 4 is 30.7 Å². The number of amides is 1. The Kier molecular flexibility index (Phi) is 10.5. The van der Waals surface area contributed by atoms with Gasteiger partial charge in [-0.3, -0.25) is 9.69 Å². The van der Waals surface area contributed by atoms with E-state index in [1.54, 1.807) is 4.90 Å². The zero-order chi connectivity index (χ0) is 16.2. The second kappa shape index (κ2) is 10.6. The van der Waals surface area contributed by atoms with Crippen molar-refractivity contribution in [2.75, 3.05) is 45.8 Å². The summed E-state index contributed by atoms with van der Waals surface area (Å²) in [7, 11) is 0. The first-order valence-electron chi connectivity index (χ1n) is 7.75. The molecule has 2 fully saturated rings. The van der Waals surface area contributed by atoms with Gasteiger partial charge in [-0.25, -0.2) is 8.78 Å². The third-order valence-electron chi connectivity index (χ3n) is 4.41. The highest BCUT2D eigenvalue weighted by atomic mass is 35.5. The molecule has 0 aromatic carbocycles. The van der Waals surface area contributed by atoms with Crippen LogP contribution in [-0.4, -0.2) is 73.9 Å². The van der Waals surface area contributed by atoms with E-state index in [9.17, 15) is 22.4 Å². The minimum absolute atomic E-state index is 0. The quantitative estimate of drug-likeness (QED) is 0.698. The van der Waals surface area contributed by atoms with Gasteiger partial charge in [0, 0.05) is 32.6 Å². The van der Waals surface area contributed by atoms with Crippen LogP contribution in [0.15, 0.2) is 0 Å². The van der Waals surface area contributed by atoms with Crippen LogP contribution in [0.3, 0.4) is 0 Å². The topological polar surface area (TPSA) is 35.6 Å². The van der Waals surface area contributed by atoms with Crippen molar-refractivity contribution in [2.45, 2.75) is 31.6 Å². The van der Waals surface area contributed by atoms with E-state index in [2.05, 4.69) is 5.32 Å². The molecule has 0 aliphatic carbocycles. The fourth-order valence-electron chi connectivity index (χ4n) is 2.97. The standard InChI is InChI=1S/C14H23F4N3O.2ClH/c15-13(16)14(17,18)10-20-5-7-21(8-6-20)12(22)2-1-11-3-4-19-9-11;;/h11,13,19H,1-10H2;2*1H. The highest BCUT2D eigenvalue weighted by molar-refractivity contribution is 5.85. The van der Waals surface area contributed by atoms with Crippen molar-refractivity contribution in [3.05, 3.63) is 0 Å². The zero-order valence-electron chi connectivity index (χ0n) is 13.4. The molecule has 1 atom stereocenters. The molecule has 1 N–H and O–H groups in total. The van der Waals surface area contributed by atoms with Gasteiger partial charge in [0.15, 0.2) is 0 Å². The molecule has 0 aromatic heterocycles. The Balaban J connectivity index is 0.00000264. The Morgan fingerprint density at radius 1 is 1.17 bits per heavy atom. The molecule has 1 unspecified atom stereocenters. The monoisotopic (exact) mass is 397 g/mol. The average Bonchev–Trinajstić information content (AvgIpc) is 2.98. The summed E-state index contributed by atoms with van der Waals surface area (Å²) in [6.07, 6.45) is -1.24. The molecule has 10 heteroatoms. The first-order valence-corrected chi connectivity index (χ1v) is 7.75. The molecule has 0 spiro atoms. The minimum Gasteiger partial charge on any atom is -0.340 e. The van der Waals surface area contributed by atoms with Crippen LogP contribution < -0.4 is 5.32 Å². The second-order valence-electron chi connectivity index (χ2n) is 6.12. The van der Waals surface area contributed by atoms with Gasteiger partial charge in [-0.2, -0.15) is 8.78 Å². The third kappa shape index (κ3) is 6.90. The Labute approximate surface area is 152 Å². The second-order valence-corrected chi connectivity index (χ2v) is 6.12. The number of hydrogen-bond acceptors (Lipinski definition) is 3. The Morgan fingerprint density at radius 3 is 2.29 bits per heavy atom. The fourth-order valence-corrected chi connectivity index (χ4v) is 2.97. The van der Waals surface area contributed by atoms with E-state index in [-0.39, 0.29) is 43.8 Å². The van der Waals surface area contributed by atoms with Crippen LogP contribution in [0.4, 0.5) is 17.6 Å². The van der Waals surface area contributed by atoms with E-state index >= 15 is 0 Å². The summed E-state index contributed by atoms with van der Waals surface area (Å²) in [6, 6.07) is 0. The summed E-state index contributed by atoms with van der Waals surface area (Å²) < 4.78 is 50.4. The lowest BCUT2D eigenvalue weighted by Gasteiger charge is -2.36. The fraction of sp³-hybridized carbons (Fsp3) is 0.929. The van der Waals surface area contributed by atoms with Crippen LogP contribution in [0, 0.1) is 5.92 Å². The van der Waals surface area contributed by atoms with Gasteiger partial charge >= 0.3 is 12.3 Å². The number of halogens is 6. The van der Waals surface area contributed by atoms with Crippen LogP contribution in [0.5, 0.6) is 0 Å². The molecule has 2 aliphatic rings. The molecule has 2 saturated heterocycles. The number of alkyl halides is 4. The first kappa shape index (κ1) is 23.7. The molecule has 0 aromatic rings. The number of carbonyl (C=O) groups is 1. The molecule has 24 heavy (non-hydrogen) atoms. The number of nitrogens with one attached hydrogen (secondary N) is 1. The van der Waals surface area contributed by atoms with Gasteiger partial charge in [-0.1, -0.05) is 0 Å². The predicted molar refractivity (Wildman–Crippen MR) is 88.7 cm³/mol. The molecule has 2 aliphatic heterocycles. The van der Waals surface area contributed by atoms with E-state index in [0.717, 1.165) is 25.9 Å². The summed E-state index contributed by atoms with van der Waals surface area (Å²) in [6.45, 7) is 2.11. The molecular weight excluding hydrogens is 373 g/mol. The van der Waals surface area contributed by atoms with E-state index in [0.29, 0.717) is 25.4 Å². The summed E-state index contributed by atoms with van der Waals surface area (Å²) in [5.41, 5.74) is 0. The maximum absolute atomic E-state index is 13.0. The molecule has 144 valence electrons. The lowest BCUT2D eigenvalue weighted by molar-refractivity contribution is -0.148. The van der Waals surface area contributed by atoms with Crippen molar-refractivity contribution in [1.82, 2.24) is 15.1 Å². The molecule has 0 radical (unpaired) electrons. The Morgan fingerprint density at radius 2 is 1.79 bits per heavy atom. The number of piperazine rings is 1. The molecule has 2 rings (SSSR count). The maximum atomic E-state index is 13.0. The average molecular weight is 398 g/mol. The van der Waals surface area contributed by atoms with E-state index in [4.69, 9.17) is 0 Å². The maximum Gasteiger partial charge on any atom is 0.319 e.